The molecule has 0 unspecified atom stereocenters. The topological polar surface area (TPSA) is 61.8 Å². The van der Waals surface area contributed by atoms with Gasteiger partial charge in [0.15, 0.2) is 0 Å². The second-order valence-electron chi connectivity index (χ2n) is 8.52. The molecule has 0 atom stereocenters. The summed E-state index contributed by atoms with van der Waals surface area (Å²) in [6, 6.07) is 25.5. The predicted molar refractivity (Wildman–Crippen MR) is 139 cm³/mol. The van der Waals surface area contributed by atoms with Crippen LogP contribution in [0.1, 0.15) is 42.3 Å². The first-order valence-corrected chi connectivity index (χ1v) is 11.6. The second-order valence-corrected chi connectivity index (χ2v) is 8.52. The quantitative estimate of drug-likeness (QED) is 0.171. The Morgan fingerprint density at radius 2 is 1.36 bits per heavy atom. The van der Waals surface area contributed by atoms with Crippen molar-refractivity contribution in [1.29, 1.82) is 0 Å². The Bertz CT molecular complexity index is 1440. The predicted octanol–water partition coefficient (Wildman–Crippen LogP) is 6.57. The molecule has 36 heavy (non-hydrogen) atoms. The highest BCUT2D eigenvalue weighted by Gasteiger charge is 2.12. The number of rotatable bonds is 7. The summed E-state index contributed by atoms with van der Waals surface area (Å²) in [6.45, 7) is 5.76. The van der Waals surface area contributed by atoms with Crippen molar-refractivity contribution in [2.45, 2.75) is 27.4 Å². The maximum absolute atomic E-state index is 12.5. The third kappa shape index (κ3) is 6.31. The minimum Gasteiger partial charge on any atom is -0.489 e. The number of benzene rings is 4. The molecule has 4 rings (SSSR count). The van der Waals surface area contributed by atoms with Gasteiger partial charge in [-0.05, 0) is 90.0 Å². The van der Waals surface area contributed by atoms with Crippen LogP contribution in [0.25, 0.3) is 10.8 Å². The van der Waals surface area contributed by atoms with Crippen molar-refractivity contribution in [3.63, 3.8) is 0 Å². The Morgan fingerprint density at radius 3 is 2.03 bits per heavy atom. The van der Waals surface area contributed by atoms with Gasteiger partial charge in [-0.3, -0.25) is 4.79 Å². The van der Waals surface area contributed by atoms with E-state index in [-0.39, 0.29) is 11.9 Å². The molecule has 5 nitrogen and oxygen atoms in total. The van der Waals surface area contributed by atoms with Crippen LogP contribution in [-0.2, 0) is 11.4 Å². The van der Waals surface area contributed by atoms with Gasteiger partial charge in [0.1, 0.15) is 23.9 Å². The minimum absolute atomic E-state index is 0.225. The summed E-state index contributed by atoms with van der Waals surface area (Å²) in [7, 11) is 0. The fourth-order valence-electron chi connectivity index (χ4n) is 3.44. The third-order valence-electron chi connectivity index (χ3n) is 5.39. The molecular formula is C31H26O5. The van der Waals surface area contributed by atoms with E-state index in [1.807, 2.05) is 19.1 Å². The number of esters is 2. The van der Waals surface area contributed by atoms with E-state index in [1.54, 1.807) is 62.4 Å². The average molecular weight is 479 g/mol. The Morgan fingerprint density at radius 1 is 0.750 bits per heavy atom. The van der Waals surface area contributed by atoms with Crippen molar-refractivity contribution >= 4 is 22.7 Å². The van der Waals surface area contributed by atoms with Crippen LogP contribution in [-0.4, -0.2) is 11.9 Å². The molecule has 0 saturated carbocycles. The first-order chi connectivity index (χ1) is 17.4. The van der Waals surface area contributed by atoms with Gasteiger partial charge in [-0.15, -0.1) is 5.92 Å². The van der Waals surface area contributed by atoms with Crippen molar-refractivity contribution in [3.05, 3.63) is 102 Å². The largest absolute Gasteiger partial charge is 0.489 e. The molecule has 180 valence electrons. The summed E-state index contributed by atoms with van der Waals surface area (Å²) >= 11 is 0. The minimum atomic E-state index is -0.491. The van der Waals surface area contributed by atoms with Crippen LogP contribution in [0.15, 0.2) is 84.9 Å². The number of hydrogen-bond donors (Lipinski definition) is 0. The van der Waals surface area contributed by atoms with Gasteiger partial charge in [0.2, 0.25) is 0 Å². The van der Waals surface area contributed by atoms with Gasteiger partial charge in [0.05, 0.1) is 11.5 Å². The zero-order valence-corrected chi connectivity index (χ0v) is 20.4. The van der Waals surface area contributed by atoms with Gasteiger partial charge in [0, 0.05) is 5.56 Å². The fourth-order valence-corrected chi connectivity index (χ4v) is 3.44. The molecular weight excluding hydrogens is 452 g/mol. The van der Waals surface area contributed by atoms with E-state index in [0.29, 0.717) is 29.4 Å². The van der Waals surface area contributed by atoms with E-state index in [4.69, 9.17) is 14.2 Å². The van der Waals surface area contributed by atoms with Crippen molar-refractivity contribution in [1.82, 2.24) is 0 Å². The first-order valence-electron chi connectivity index (χ1n) is 11.6. The summed E-state index contributed by atoms with van der Waals surface area (Å²) in [5, 5.41) is 2.26. The maximum Gasteiger partial charge on any atom is 0.343 e. The lowest BCUT2D eigenvalue weighted by Gasteiger charge is -2.09. The van der Waals surface area contributed by atoms with Crippen LogP contribution in [0.4, 0.5) is 0 Å². The SMILES string of the molecule is CC#Cc1ccc2cc(COc3ccc(C(=O)Oc4ccc(OC(=O)C(C)C)cc4)cc3)ccc2c1. The van der Waals surface area contributed by atoms with E-state index in [0.717, 1.165) is 21.9 Å². The molecule has 0 aliphatic rings. The monoisotopic (exact) mass is 478 g/mol. The van der Waals surface area contributed by atoms with Gasteiger partial charge in [-0.25, -0.2) is 4.79 Å². The molecule has 4 aromatic rings. The standard InChI is InChI=1S/C31H26O5/c1-4-5-22-6-8-26-19-23(7-9-25(26)18-22)20-34-27-12-10-24(11-13-27)31(33)36-29-16-14-28(15-17-29)35-30(32)21(2)3/h6-19,21H,20H2,1-3H3. The summed E-state index contributed by atoms with van der Waals surface area (Å²) in [5.74, 6) is 6.36. The Hall–Kier alpha value is -4.56. The molecule has 4 aromatic carbocycles. The van der Waals surface area contributed by atoms with Gasteiger partial charge in [0.25, 0.3) is 0 Å². The van der Waals surface area contributed by atoms with Crippen LogP contribution in [0.3, 0.4) is 0 Å². The lowest BCUT2D eigenvalue weighted by molar-refractivity contribution is -0.137. The lowest BCUT2D eigenvalue weighted by atomic mass is 10.0. The van der Waals surface area contributed by atoms with Crippen molar-refractivity contribution in [2.75, 3.05) is 0 Å². The summed E-state index contributed by atoms with van der Waals surface area (Å²) in [4.78, 5) is 24.2. The van der Waals surface area contributed by atoms with Crippen LogP contribution in [0.5, 0.6) is 17.2 Å². The number of carbonyl (C=O) groups excluding carboxylic acids is 2. The molecule has 0 aliphatic heterocycles. The number of fused-ring (bicyclic) bond motifs is 1. The zero-order valence-electron chi connectivity index (χ0n) is 20.4. The van der Waals surface area contributed by atoms with Crippen LogP contribution >= 0.6 is 0 Å². The lowest BCUT2D eigenvalue weighted by Crippen LogP contribution is -2.14. The van der Waals surface area contributed by atoms with E-state index >= 15 is 0 Å². The average Bonchev–Trinajstić information content (AvgIpc) is 2.89. The van der Waals surface area contributed by atoms with Crippen LogP contribution in [0.2, 0.25) is 0 Å². The molecule has 0 radical (unpaired) electrons. The first kappa shape index (κ1) is 24.6. The van der Waals surface area contributed by atoms with Gasteiger partial charge in [-0.2, -0.15) is 0 Å². The molecule has 0 fully saturated rings. The smallest absolute Gasteiger partial charge is 0.343 e. The molecule has 5 heteroatoms. The molecule has 0 N–H and O–H groups in total. The Labute approximate surface area is 210 Å². The summed E-state index contributed by atoms with van der Waals surface area (Å²) in [6.07, 6.45) is 0. The highest BCUT2D eigenvalue weighted by molar-refractivity contribution is 5.91. The second kappa shape index (κ2) is 11.2. The number of hydrogen-bond acceptors (Lipinski definition) is 5. The Kier molecular flexibility index (Phi) is 7.67. The highest BCUT2D eigenvalue weighted by Crippen LogP contribution is 2.22. The van der Waals surface area contributed by atoms with Crippen molar-refractivity contribution in [3.8, 4) is 29.1 Å². The molecule has 0 amide bonds. The highest BCUT2D eigenvalue weighted by atomic mass is 16.5. The van der Waals surface area contributed by atoms with Crippen LogP contribution < -0.4 is 14.2 Å². The van der Waals surface area contributed by atoms with E-state index < -0.39 is 5.97 Å². The van der Waals surface area contributed by atoms with Crippen molar-refractivity contribution < 1.29 is 23.8 Å². The molecule has 0 saturated heterocycles. The van der Waals surface area contributed by atoms with E-state index in [2.05, 4.69) is 36.1 Å². The number of carbonyl (C=O) groups is 2. The summed E-state index contributed by atoms with van der Waals surface area (Å²) in [5.41, 5.74) is 2.44. The number of ether oxygens (including phenoxy) is 3. The maximum atomic E-state index is 12.5. The van der Waals surface area contributed by atoms with Gasteiger partial charge in [-0.1, -0.05) is 38.0 Å². The molecule has 0 aromatic heterocycles. The zero-order chi connectivity index (χ0) is 25.5. The molecule has 0 spiro atoms. The van der Waals surface area contributed by atoms with Crippen molar-refractivity contribution in [2.24, 2.45) is 5.92 Å². The van der Waals surface area contributed by atoms with E-state index in [1.165, 1.54) is 0 Å². The summed E-state index contributed by atoms with van der Waals surface area (Å²) < 4.78 is 16.5. The van der Waals surface area contributed by atoms with E-state index in [9.17, 15) is 9.59 Å². The Balaban J connectivity index is 1.33. The third-order valence-corrected chi connectivity index (χ3v) is 5.39. The fraction of sp³-hybridized carbons (Fsp3) is 0.161. The molecule has 0 bridgehead atoms. The molecule has 0 aliphatic carbocycles. The van der Waals surface area contributed by atoms with Gasteiger partial charge < -0.3 is 14.2 Å². The normalized spacial score (nSPS) is 10.4. The molecule has 0 heterocycles. The van der Waals surface area contributed by atoms with Crippen LogP contribution in [0, 0.1) is 17.8 Å². The van der Waals surface area contributed by atoms with Gasteiger partial charge >= 0.3 is 11.9 Å².